The lowest BCUT2D eigenvalue weighted by Crippen LogP contribution is -2.38. The van der Waals surface area contributed by atoms with E-state index in [0.29, 0.717) is 0 Å². The molecule has 0 aliphatic heterocycles. The number of nitrogens with two attached hydrogens (primary N) is 2. The zero-order valence-electron chi connectivity index (χ0n) is 8.67. The fraction of sp³-hybridized carbons (Fsp3) is 0.300. The van der Waals surface area contributed by atoms with Gasteiger partial charge in [-0.2, -0.15) is 0 Å². The second-order valence-electron chi connectivity index (χ2n) is 3.29. The summed E-state index contributed by atoms with van der Waals surface area (Å²) >= 11 is 0. The van der Waals surface area contributed by atoms with Gasteiger partial charge in [0.15, 0.2) is 11.6 Å². The van der Waals surface area contributed by atoms with E-state index in [4.69, 9.17) is 11.5 Å². The normalized spacial score (nSPS) is 12.2. The van der Waals surface area contributed by atoms with E-state index in [1.165, 1.54) is 7.11 Å². The molecule has 0 aromatic heterocycles. The van der Waals surface area contributed by atoms with Gasteiger partial charge in [-0.3, -0.25) is 4.79 Å². The number of hydrogen-bond acceptors (Lipinski definition) is 3. The van der Waals surface area contributed by atoms with Gasteiger partial charge in [0.1, 0.15) is 5.82 Å². The van der Waals surface area contributed by atoms with Crippen molar-refractivity contribution in [1.29, 1.82) is 0 Å². The number of carbonyl (C=O) groups is 1. The molecule has 0 bridgehead atoms. The van der Waals surface area contributed by atoms with E-state index < -0.39 is 23.6 Å². The first-order valence-electron chi connectivity index (χ1n) is 4.52. The molecule has 0 aliphatic rings. The van der Waals surface area contributed by atoms with Crippen LogP contribution in [0.1, 0.15) is 5.56 Å². The van der Waals surface area contributed by atoms with E-state index in [1.807, 2.05) is 0 Å². The van der Waals surface area contributed by atoms with Crippen LogP contribution in [0.15, 0.2) is 12.1 Å². The summed E-state index contributed by atoms with van der Waals surface area (Å²) in [4.78, 5) is 10.7. The maximum Gasteiger partial charge on any atom is 0.234 e. The molecule has 0 aliphatic carbocycles. The number of amides is 1. The molecule has 6 heteroatoms. The van der Waals surface area contributed by atoms with Gasteiger partial charge in [-0.1, -0.05) is 0 Å². The van der Waals surface area contributed by atoms with Crippen molar-refractivity contribution in [3.63, 3.8) is 0 Å². The van der Waals surface area contributed by atoms with Crippen LogP contribution in [0, 0.1) is 11.6 Å². The maximum absolute atomic E-state index is 13.4. The van der Waals surface area contributed by atoms with Gasteiger partial charge in [0.25, 0.3) is 0 Å². The predicted octanol–water partition coefficient (Wildman–Crippen LogP) is 0.329. The molecule has 1 unspecified atom stereocenters. The van der Waals surface area contributed by atoms with Gasteiger partial charge >= 0.3 is 0 Å². The number of rotatable bonds is 4. The van der Waals surface area contributed by atoms with Crippen LogP contribution >= 0.6 is 0 Å². The molecule has 0 saturated carbocycles. The van der Waals surface area contributed by atoms with Crippen molar-refractivity contribution in [3.05, 3.63) is 29.3 Å². The third-order valence-corrected chi connectivity index (χ3v) is 2.13. The van der Waals surface area contributed by atoms with Crippen LogP contribution in [-0.4, -0.2) is 19.1 Å². The molecule has 4 N–H and O–H groups in total. The quantitative estimate of drug-likeness (QED) is 0.782. The zero-order valence-corrected chi connectivity index (χ0v) is 8.67. The summed E-state index contributed by atoms with van der Waals surface area (Å²) < 4.78 is 31.2. The largest absolute Gasteiger partial charge is 0.494 e. The topological polar surface area (TPSA) is 78.3 Å². The first-order chi connectivity index (χ1) is 7.45. The van der Waals surface area contributed by atoms with Gasteiger partial charge in [0, 0.05) is 6.07 Å². The Morgan fingerprint density at radius 2 is 2.06 bits per heavy atom. The van der Waals surface area contributed by atoms with E-state index in [2.05, 4.69) is 4.74 Å². The summed E-state index contributed by atoms with van der Waals surface area (Å²) in [7, 11) is 1.23. The molecule has 0 heterocycles. The van der Waals surface area contributed by atoms with Crippen molar-refractivity contribution in [2.75, 3.05) is 7.11 Å². The highest BCUT2D eigenvalue weighted by Crippen LogP contribution is 2.21. The van der Waals surface area contributed by atoms with Gasteiger partial charge in [0.05, 0.1) is 13.2 Å². The molecule has 1 rings (SSSR count). The van der Waals surface area contributed by atoms with Gasteiger partial charge in [0.2, 0.25) is 5.91 Å². The first-order valence-corrected chi connectivity index (χ1v) is 4.52. The highest BCUT2D eigenvalue weighted by atomic mass is 19.1. The van der Waals surface area contributed by atoms with Crippen LogP contribution in [0.2, 0.25) is 0 Å². The second kappa shape index (κ2) is 4.89. The number of carbonyl (C=O) groups excluding carboxylic acids is 1. The van der Waals surface area contributed by atoms with E-state index in [0.717, 1.165) is 12.1 Å². The van der Waals surface area contributed by atoms with E-state index in [1.54, 1.807) is 0 Å². The van der Waals surface area contributed by atoms with Crippen LogP contribution in [0.5, 0.6) is 5.75 Å². The molecular weight excluding hydrogens is 218 g/mol. The number of ether oxygens (including phenoxy) is 1. The fourth-order valence-corrected chi connectivity index (χ4v) is 1.22. The van der Waals surface area contributed by atoms with Crippen molar-refractivity contribution in [3.8, 4) is 5.75 Å². The summed E-state index contributed by atoms with van der Waals surface area (Å²) in [5, 5.41) is 0. The number of methoxy groups -OCH3 is 1. The number of halogens is 2. The Bertz CT molecular complexity index is 410. The smallest absolute Gasteiger partial charge is 0.234 e. The Morgan fingerprint density at radius 3 is 2.56 bits per heavy atom. The molecule has 1 atom stereocenters. The Morgan fingerprint density at radius 1 is 1.44 bits per heavy atom. The second-order valence-corrected chi connectivity index (χ2v) is 3.29. The van der Waals surface area contributed by atoms with E-state index >= 15 is 0 Å². The molecule has 4 nitrogen and oxygen atoms in total. The molecule has 88 valence electrons. The van der Waals surface area contributed by atoms with E-state index in [9.17, 15) is 13.6 Å². The third-order valence-electron chi connectivity index (χ3n) is 2.13. The summed E-state index contributed by atoms with van der Waals surface area (Å²) in [6, 6.07) is 0.803. The van der Waals surface area contributed by atoms with Crippen LogP contribution in [0.3, 0.4) is 0 Å². The van der Waals surface area contributed by atoms with Gasteiger partial charge < -0.3 is 16.2 Å². The Labute approximate surface area is 91.2 Å². The molecule has 0 radical (unpaired) electrons. The minimum Gasteiger partial charge on any atom is -0.494 e. The lowest BCUT2D eigenvalue weighted by atomic mass is 10.1. The van der Waals surface area contributed by atoms with Gasteiger partial charge in [-0.05, 0) is 18.1 Å². The molecule has 0 saturated heterocycles. The molecule has 1 aromatic rings. The molecule has 0 spiro atoms. The fourth-order valence-electron chi connectivity index (χ4n) is 1.22. The summed E-state index contributed by atoms with van der Waals surface area (Å²) in [6.45, 7) is 0. The van der Waals surface area contributed by atoms with Crippen LogP contribution < -0.4 is 16.2 Å². The summed E-state index contributed by atoms with van der Waals surface area (Å²) in [5.74, 6) is -2.37. The summed E-state index contributed by atoms with van der Waals surface area (Å²) in [6.07, 6.45) is -0.151. The first kappa shape index (κ1) is 12.4. The monoisotopic (exact) mass is 230 g/mol. The maximum atomic E-state index is 13.4. The molecule has 1 amide bonds. The van der Waals surface area contributed by atoms with Crippen LogP contribution in [-0.2, 0) is 11.2 Å². The predicted molar refractivity (Wildman–Crippen MR) is 53.8 cm³/mol. The molecule has 1 aromatic carbocycles. The van der Waals surface area contributed by atoms with Crippen molar-refractivity contribution >= 4 is 5.91 Å². The molecule has 0 fully saturated rings. The van der Waals surface area contributed by atoms with Gasteiger partial charge in [-0.25, -0.2) is 8.78 Å². The third kappa shape index (κ3) is 2.66. The Balaban J connectivity index is 2.98. The zero-order chi connectivity index (χ0) is 12.3. The van der Waals surface area contributed by atoms with Gasteiger partial charge in [-0.15, -0.1) is 0 Å². The number of primary amides is 1. The Hall–Kier alpha value is -1.69. The minimum atomic E-state index is -1.04. The highest BCUT2D eigenvalue weighted by molar-refractivity contribution is 5.79. The minimum absolute atomic E-state index is 0.00963. The number of hydrogen-bond donors (Lipinski definition) is 2. The van der Waals surface area contributed by atoms with Crippen LogP contribution in [0.4, 0.5) is 8.78 Å². The van der Waals surface area contributed by atoms with Crippen LogP contribution in [0.25, 0.3) is 0 Å². The molecular formula is C10H12F2N2O2. The Kier molecular flexibility index (Phi) is 3.78. The van der Waals surface area contributed by atoms with Crippen molar-refractivity contribution in [2.24, 2.45) is 11.5 Å². The lowest BCUT2D eigenvalue weighted by molar-refractivity contribution is -0.119. The highest BCUT2D eigenvalue weighted by Gasteiger charge is 2.16. The average Bonchev–Trinajstić information content (AvgIpc) is 2.22. The average molecular weight is 230 g/mol. The molecule has 16 heavy (non-hydrogen) atoms. The van der Waals surface area contributed by atoms with Crippen molar-refractivity contribution < 1.29 is 18.3 Å². The number of benzene rings is 1. The van der Waals surface area contributed by atoms with Crippen molar-refractivity contribution in [2.45, 2.75) is 12.5 Å². The SMILES string of the molecule is COc1cc(F)c(CC(N)C(N)=O)cc1F. The van der Waals surface area contributed by atoms with Crippen molar-refractivity contribution in [1.82, 2.24) is 0 Å². The lowest BCUT2D eigenvalue weighted by Gasteiger charge is -2.10. The van der Waals surface area contributed by atoms with E-state index in [-0.39, 0.29) is 17.7 Å². The summed E-state index contributed by atoms with van der Waals surface area (Å²) in [5.41, 5.74) is 10.3. The standard InChI is InChI=1S/C10H12F2N2O2/c1-16-9-4-6(11)5(2-7(9)12)3-8(13)10(14)15/h2,4,8H,3,13H2,1H3,(H2,14,15).